The third-order valence-electron chi connectivity index (χ3n) is 1.87. The quantitative estimate of drug-likeness (QED) is 0.694. The standard InChI is InChI=1S/C8H10O2S.C2H3F3O2S.C2H6O2S/c1-7-3-5-8(6-4-7)11(2,9)10;1-8(6,7)2(3,4)5;1-5(2,3)4/h3-6H,1-2H3;1H3;1-2H3. The molecule has 0 fully saturated rings. The van der Waals surface area contributed by atoms with E-state index >= 15 is 0 Å². The summed E-state index contributed by atoms with van der Waals surface area (Å²) in [4.78, 5) is 0.378. The molecule has 6 nitrogen and oxygen atoms in total. The van der Waals surface area contributed by atoms with Crippen molar-refractivity contribution in [2.45, 2.75) is 17.3 Å². The van der Waals surface area contributed by atoms with Crippen molar-refractivity contribution in [3.63, 3.8) is 0 Å². The van der Waals surface area contributed by atoms with E-state index in [2.05, 4.69) is 0 Å². The third kappa shape index (κ3) is 14.5. The normalized spacial score (nSPS) is 12.3. The smallest absolute Gasteiger partial charge is 0.229 e. The lowest BCUT2D eigenvalue weighted by Crippen LogP contribution is -2.20. The number of hydrogen-bond acceptors (Lipinski definition) is 6. The van der Waals surface area contributed by atoms with E-state index in [-0.39, 0.29) is 6.26 Å². The van der Waals surface area contributed by atoms with Crippen LogP contribution in [0.25, 0.3) is 0 Å². The second kappa shape index (κ2) is 8.81. The number of hydrogen-bond donors (Lipinski definition) is 0. The van der Waals surface area contributed by atoms with E-state index in [1.807, 2.05) is 6.92 Å². The summed E-state index contributed by atoms with van der Waals surface area (Å²) in [6.45, 7) is 1.92. The first-order valence-electron chi connectivity index (χ1n) is 5.93. The summed E-state index contributed by atoms with van der Waals surface area (Å²) in [6, 6.07) is 6.81. The number of benzene rings is 1. The molecule has 0 amide bonds. The lowest BCUT2D eigenvalue weighted by Gasteiger charge is -1.99. The molecule has 0 atom stereocenters. The van der Waals surface area contributed by atoms with Crippen molar-refractivity contribution in [1.29, 1.82) is 0 Å². The average Bonchev–Trinajstić information content (AvgIpc) is 2.23. The molecule has 1 aromatic rings. The average molecular weight is 412 g/mol. The molecule has 0 aliphatic heterocycles. The minimum absolute atomic E-state index is 0.118. The van der Waals surface area contributed by atoms with Gasteiger partial charge in [-0.25, -0.2) is 25.3 Å². The minimum atomic E-state index is -5.09. The molecular formula is C12H19F3O6S3. The van der Waals surface area contributed by atoms with Gasteiger partial charge in [0.1, 0.15) is 9.84 Å². The van der Waals surface area contributed by atoms with Crippen LogP contribution >= 0.6 is 0 Å². The first kappa shape index (κ1) is 25.1. The molecule has 0 unspecified atom stereocenters. The van der Waals surface area contributed by atoms with Crippen molar-refractivity contribution in [3.8, 4) is 0 Å². The first-order valence-corrected chi connectivity index (χ1v) is 12.0. The number of aryl methyl sites for hydroxylation is 1. The molecule has 0 saturated heterocycles. The van der Waals surface area contributed by atoms with Gasteiger partial charge in [-0.2, -0.15) is 13.2 Å². The molecule has 142 valence electrons. The number of sulfone groups is 3. The lowest BCUT2D eigenvalue weighted by atomic mass is 10.2. The Labute approximate surface area is 140 Å². The predicted molar refractivity (Wildman–Crippen MR) is 86.0 cm³/mol. The summed E-state index contributed by atoms with van der Waals surface area (Å²) in [5.74, 6) is 0. The fraction of sp³-hybridized carbons (Fsp3) is 0.500. The number of rotatable bonds is 1. The first-order chi connectivity index (χ1) is 10.2. The van der Waals surface area contributed by atoms with E-state index < -0.39 is 35.0 Å². The van der Waals surface area contributed by atoms with Crippen LogP contribution in [-0.4, -0.2) is 55.8 Å². The maximum Gasteiger partial charge on any atom is 0.497 e. The monoisotopic (exact) mass is 412 g/mol. The summed E-state index contributed by atoms with van der Waals surface area (Å²) < 4.78 is 93.1. The predicted octanol–water partition coefficient (Wildman–Crippen LogP) is 1.61. The van der Waals surface area contributed by atoms with Gasteiger partial charge in [-0.1, -0.05) is 17.7 Å². The van der Waals surface area contributed by atoms with E-state index in [9.17, 15) is 38.4 Å². The van der Waals surface area contributed by atoms with Gasteiger partial charge >= 0.3 is 5.51 Å². The molecule has 0 aliphatic rings. The molecule has 0 spiro atoms. The molecule has 0 aliphatic carbocycles. The van der Waals surface area contributed by atoms with Crippen LogP contribution < -0.4 is 0 Å². The van der Waals surface area contributed by atoms with Crippen LogP contribution in [0.4, 0.5) is 13.2 Å². The Kier molecular flexibility index (Phi) is 9.21. The van der Waals surface area contributed by atoms with Crippen molar-refractivity contribution in [2.24, 2.45) is 0 Å². The van der Waals surface area contributed by atoms with Gasteiger partial charge in [0.15, 0.2) is 9.84 Å². The summed E-state index contributed by atoms with van der Waals surface area (Å²) in [7, 11) is -10.5. The van der Waals surface area contributed by atoms with Crippen molar-refractivity contribution in [3.05, 3.63) is 29.8 Å². The van der Waals surface area contributed by atoms with Gasteiger partial charge in [-0.15, -0.1) is 0 Å². The molecular weight excluding hydrogens is 393 g/mol. The van der Waals surface area contributed by atoms with Gasteiger partial charge < -0.3 is 0 Å². The highest BCUT2D eigenvalue weighted by molar-refractivity contribution is 7.91. The topological polar surface area (TPSA) is 102 Å². The van der Waals surface area contributed by atoms with Crippen molar-refractivity contribution in [1.82, 2.24) is 0 Å². The van der Waals surface area contributed by atoms with Crippen LogP contribution in [0.15, 0.2) is 29.2 Å². The second-order valence-electron chi connectivity index (χ2n) is 4.95. The maximum atomic E-state index is 11.0. The van der Waals surface area contributed by atoms with Gasteiger partial charge in [-0.3, -0.25) is 0 Å². The Bertz CT molecular complexity index is 813. The fourth-order valence-electron chi connectivity index (χ4n) is 0.785. The van der Waals surface area contributed by atoms with Crippen molar-refractivity contribution < 1.29 is 38.4 Å². The molecule has 0 aromatic heterocycles. The fourth-order valence-corrected chi connectivity index (χ4v) is 1.42. The van der Waals surface area contributed by atoms with Crippen LogP contribution in [0, 0.1) is 6.92 Å². The Morgan fingerprint density at radius 1 is 0.750 bits per heavy atom. The Balaban J connectivity index is 0. The molecule has 0 radical (unpaired) electrons. The largest absolute Gasteiger partial charge is 0.497 e. The zero-order valence-electron chi connectivity index (χ0n) is 13.6. The SMILES string of the molecule is CS(=O)(=O)C(F)(F)F.CS(C)(=O)=O.Cc1ccc(S(C)(=O)=O)cc1. The third-order valence-corrected chi connectivity index (χ3v) is 3.84. The van der Waals surface area contributed by atoms with Gasteiger partial charge in [0.25, 0.3) is 0 Å². The van der Waals surface area contributed by atoms with Crippen LogP contribution in [0.2, 0.25) is 0 Å². The summed E-state index contributed by atoms with van der Waals surface area (Å²) in [5.41, 5.74) is -4.02. The second-order valence-corrected chi connectivity index (χ2v) is 11.3. The molecule has 0 heterocycles. The van der Waals surface area contributed by atoms with Gasteiger partial charge in [0, 0.05) is 25.0 Å². The van der Waals surface area contributed by atoms with Crippen LogP contribution in [0.5, 0.6) is 0 Å². The minimum Gasteiger partial charge on any atom is -0.229 e. The Morgan fingerprint density at radius 2 is 1.00 bits per heavy atom. The molecule has 12 heteroatoms. The molecule has 1 rings (SSSR count). The summed E-state index contributed by atoms with van der Waals surface area (Å²) in [6.07, 6.45) is 3.64. The van der Waals surface area contributed by atoms with E-state index in [1.54, 1.807) is 24.3 Å². The molecule has 1 aromatic carbocycles. The summed E-state index contributed by atoms with van der Waals surface area (Å²) >= 11 is 0. The highest BCUT2D eigenvalue weighted by Crippen LogP contribution is 2.20. The Morgan fingerprint density at radius 3 is 1.17 bits per heavy atom. The molecule has 0 N–H and O–H groups in total. The van der Waals surface area contributed by atoms with Gasteiger partial charge in [0.05, 0.1) is 4.90 Å². The van der Waals surface area contributed by atoms with Crippen molar-refractivity contribution in [2.75, 3.05) is 25.0 Å². The van der Waals surface area contributed by atoms with E-state index in [0.29, 0.717) is 4.90 Å². The molecule has 0 saturated carbocycles. The Hall–Kier alpha value is -1.14. The van der Waals surface area contributed by atoms with E-state index in [4.69, 9.17) is 0 Å². The van der Waals surface area contributed by atoms with E-state index in [1.165, 1.54) is 6.26 Å². The highest BCUT2D eigenvalue weighted by atomic mass is 32.2. The number of alkyl halides is 3. The van der Waals surface area contributed by atoms with Crippen molar-refractivity contribution >= 4 is 29.5 Å². The summed E-state index contributed by atoms with van der Waals surface area (Å²) in [5, 5.41) is 0. The zero-order chi connectivity index (χ0) is 20.0. The van der Waals surface area contributed by atoms with Crippen LogP contribution in [0.3, 0.4) is 0 Å². The maximum absolute atomic E-state index is 11.0. The highest BCUT2D eigenvalue weighted by Gasteiger charge is 2.41. The molecule has 0 bridgehead atoms. The van der Waals surface area contributed by atoms with E-state index in [0.717, 1.165) is 18.1 Å². The van der Waals surface area contributed by atoms with Crippen LogP contribution in [0.1, 0.15) is 5.56 Å². The number of halogens is 3. The zero-order valence-corrected chi connectivity index (χ0v) is 16.1. The van der Waals surface area contributed by atoms with Crippen LogP contribution in [-0.2, 0) is 29.5 Å². The van der Waals surface area contributed by atoms with Gasteiger partial charge in [0.2, 0.25) is 9.84 Å². The van der Waals surface area contributed by atoms with Gasteiger partial charge in [-0.05, 0) is 19.1 Å². The lowest BCUT2D eigenvalue weighted by molar-refractivity contribution is -0.0429. The molecule has 24 heavy (non-hydrogen) atoms.